The van der Waals surface area contributed by atoms with Crippen molar-refractivity contribution in [2.24, 2.45) is 5.73 Å². The van der Waals surface area contributed by atoms with Crippen LogP contribution >= 0.6 is 11.6 Å². The molecule has 0 saturated carbocycles. The number of fused-ring (bicyclic) bond motifs is 2. The SMILES string of the molecule is Cc1ccc2cc(C(=O)CC[C@](C)(O)c3cc4c(c(-c5ccc(F)c(Cl)c5)n3)OC[C@]4(C)C(N)=O)cc(N3CCCC3=O)c2n1. The van der Waals surface area contributed by atoms with Gasteiger partial charge >= 0.3 is 0 Å². The van der Waals surface area contributed by atoms with Crippen LogP contribution in [0, 0.1) is 12.7 Å². The van der Waals surface area contributed by atoms with Crippen LogP contribution in [0.4, 0.5) is 10.1 Å². The Morgan fingerprint density at radius 3 is 2.64 bits per heavy atom. The van der Waals surface area contributed by atoms with E-state index in [9.17, 15) is 23.9 Å². The molecule has 9 nitrogen and oxygen atoms in total. The Bertz CT molecular complexity index is 1910. The van der Waals surface area contributed by atoms with Crippen molar-refractivity contribution in [2.45, 2.75) is 57.5 Å². The number of hydrogen-bond donors (Lipinski definition) is 2. The molecule has 2 aliphatic rings. The van der Waals surface area contributed by atoms with E-state index in [1.807, 2.05) is 19.1 Å². The van der Waals surface area contributed by atoms with Crippen LogP contribution in [0.1, 0.15) is 66.8 Å². The fraction of sp³-hybridized carbons (Fsp3) is 0.324. The fourth-order valence-electron chi connectivity index (χ4n) is 5.92. The highest BCUT2D eigenvalue weighted by Gasteiger charge is 2.45. The Labute approximate surface area is 264 Å². The number of hydrogen-bond acceptors (Lipinski definition) is 7. The molecule has 3 N–H and O–H groups in total. The Morgan fingerprint density at radius 1 is 1.18 bits per heavy atom. The highest BCUT2D eigenvalue weighted by molar-refractivity contribution is 6.31. The molecule has 2 atom stereocenters. The van der Waals surface area contributed by atoms with Gasteiger partial charge in [-0.2, -0.15) is 0 Å². The largest absolute Gasteiger partial charge is 0.489 e. The molecule has 1 saturated heterocycles. The number of aromatic nitrogens is 2. The summed E-state index contributed by atoms with van der Waals surface area (Å²) in [6.07, 6.45) is 1.10. The minimum Gasteiger partial charge on any atom is -0.489 e. The number of rotatable bonds is 8. The molecule has 0 unspecified atom stereocenters. The number of Topliss-reactive ketones (excluding diaryl/α,β-unsaturated/α-hetero) is 1. The van der Waals surface area contributed by atoms with E-state index in [0.717, 1.165) is 17.5 Å². The van der Waals surface area contributed by atoms with Crippen molar-refractivity contribution in [3.63, 3.8) is 0 Å². The first-order chi connectivity index (χ1) is 21.3. The third-order valence-electron chi connectivity index (χ3n) is 8.80. The Hall–Kier alpha value is -4.41. The van der Waals surface area contributed by atoms with Gasteiger partial charge in [0.25, 0.3) is 0 Å². The van der Waals surface area contributed by atoms with Gasteiger partial charge in [-0.3, -0.25) is 19.4 Å². The summed E-state index contributed by atoms with van der Waals surface area (Å²) in [6, 6.07) is 12.8. The third-order valence-corrected chi connectivity index (χ3v) is 9.09. The van der Waals surface area contributed by atoms with Gasteiger partial charge < -0.3 is 20.5 Å². The molecule has 4 aromatic rings. The van der Waals surface area contributed by atoms with Gasteiger partial charge in [-0.15, -0.1) is 0 Å². The topological polar surface area (TPSA) is 136 Å². The lowest BCUT2D eigenvalue weighted by molar-refractivity contribution is -0.123. The van der Waals surface area contributed by atoms with Gasteiger partial charge in [0.1, 0.15) is 34.9 Å². The molecular weight excluding hydrogens is 599 g/mol. The second-order valence-corrected chi connectivity index (χ2v) is 12.6. The third kappa shape index (κ3) is 5.42. The van der Waals surface area contributed by atoms with Crippen LogP contribution in [0.15, 0.2) is 48.5 Å². The van der Waals surface area contributed by atoms with Gasteiger partial charge in [0.2, 0.25) is 11.8 Å². The van der Waals surface area contributed by atoms with E-state index in [4.69, 9.17) is 22.1 Å². The van der Waals surface area contributed by atoms with Gasteiger partial charge in [0, 0.05) is 47.2 Å². The molecule has 2 amide bonds. The molecule has 0 bridgehead atoms. The van der Waals surface area contributed by atoms with E-state index >= 15 is 0 Å². The van der Waals surface area contributed by atoms with Crippen LogP contribution in [-0.2, 0) is 20.6 Å². The second-order valence-electron chi connectivity index (χ2n) is 12.2. The summed E-state index contributed by atoms with van der Waals surface area (Å²) < 4.78 is 19.9. The number of nitrogens with zero attached hydrogens (tertiary/aromatic N) is 3. The van der Waals surface area contributed by atoms with Crippen molar-refractivity contribution in [3.8, 4) is 17.0 Å². The van der Waals surface area contributed by atoms with Crippen molar-refractivity contribution < 1.29 is 28.6 Å². The van der Waals surface area contributed by atoms with Crippen LogP contribution in [0.3, 0.4) is 0 Å². The highest BCUT2D eigenvalue weighted by atomic mass is 35.5. The lowest BCUT2D eigenvalue weighted by atomic mass is 9.81. The van der Waals surface area contributed by atoms with E-state index < -0.39 is 22.7 Å². The zero-order chi connectivity index (χ0) is 32.3. The number of aryl methyl sites for hydroxylation is 1. The second kappa shape index (κ2) is 11.2. The Morgan fingerprint density at radius 2 is 1.96 bits per heavy atom. The number of amides is 2. The number of pyridine rings is 2. The number of carbonyl (C=O) groups is 3. The lowest BCUT2D eigenvalue weighted by Crippen LogP contribution is -2.40. The average Bonchev–Trinajstić information content (AvgIpc) is 3.59. The molecule has 232 valence electrons. The number of primary amides is 1. The summed E-state index contributed by atoms with van der Waals surface area (Å²) >= 11 is 6.07. The zero-order valence-corrected chi connectivity index (χ0v) is 25.9. The van der Waals surface area contributed by atoms with Gasteiger partial charge in [0.05, 0.1) is 21.9 Å². The highest BCUT2D eigenvalue weighted by Crippen LogP contribution is 2.46. The van der Waals surface area contributed by atoms with E-state index in [1.165, 1.54) is 25.1 Å². The number of ether oxygens (including phenoxy) is 1. The molecule has 2 aromatic heterocycles. The number of carbonyl (C=O) groups excluding carboxylic acids is 3. The van der Waals surface area contributed by atoms with Gasteiger partial charge in [0.15, 0.2) is 5.78 Å². The molecule has 4 heterocycles. The maximum absolute atomic E-state index is 14.0. The standard InChI is InChI=1S/C34H32ClFN4O5/c1-18-6-7-19-13-21(15-25(29(19)38-18)40-12-4-5-28(40)42)26(41)10-11-34(3,44)27-16-22-31(45-17-33(22,2)32(37)43)30(39-27)20-8-9-24(36)23(35)14-20/h6-9,13-16,44H,4-5,10-12,17H2,1-3H3,(H2,37,43)/t33-,34-/m0/s1. The van der Waals surface area contributed by atoms with Crippen molar-refractivity contribution in [3.05, 3.63) is 81.9 Å². The van der Waals surface area contributed by atoms with E-state index in [1.54, 1.807) is 30.0 Å². The molecule has 0 spiro atoms. The van der Waals surface area contributed by atoms with Crippen LogP contribution in [0.5, 0.6) is 5.75 Å². The first-order valence-corrected chi connectivity index (χ1v) is 15.1. The minimum atomic E-state index is -1.63. The normalized spacial score (nSPS) is 19.0. The molecule has 2 aliphatic heterocycles. The minimum absolute atomic E-state index is 0.0139. The molecule has 2 aromatic carbocycles. The molecule has 6 rings (SSSR count). The predicted octanol–water partition coefficient (Wildman–Crippen LogP) is 5.53. The number of aliphatic hydroxyl groups is 1. The Balaban J connectivity index is 1.35. The van der Waals surface area contributed by atoms with E-state index in [2.05, 4.69) is 9.97 Å². The van der Waals surface area contributed by atoms with Gasteiger partial charge in [-0.1, -0.05) is 17.7 Å². The summed E-state index contributed by atoms with van der Waals surface area (Å²) in [5, 5.41) is 12.3. The maximum Gasteiger partial charge on any atom is 0.231 e. The molecule has 1 fully saturated rings. The van der Waals surface area contributed by atoms with Crippen LogP contribution in [0.25, 0.3) is 22.2 Å². The van der Waals surface area contributed by atoms with E-state index in [-0.39, 0.29) is 47.5 Å². The number of halogens is 2. The monoisotopic (exact) mass is 630 g/mol. The number of ketones is 1. The predicted molar refractivity (Wildman–Crippen MR) is 168 cm³/mol. The smallest absolute Gasteiger partial charge is 0.231 e. The summed E-state index contributed by atoms with van der Waals surface area (Å²) in [7, 11) is 0. The molecule has 11 heteroatoms. The number of nitrogens with two attached hydrogens (primary N) is 1. The first kappa shape index (κ1) is 30.6. The average molecular weight is 631 g/mol. The quantitative estimate of drug-likeness (QED) is 0.244. The number of benzene rings is 2. The first-order valence-electron chi connectivity index (χ1n) is 14.7. The van der Waals surface area contributed by atoms with Crippen LogP contribution < -0.4 is 15.4 Å². The van der Waals surface area contributed by atoms with Crippen LogP contribution in [-0.4, -0.2) is 45.8 Å². The summed E-state index contributed by atoms with van der Waals surface area (Å²) in [5.74, 6) is -1.19. The lowest BCUT2D eigenvalue weighted by Gasteiger charge is -2.26. The van der Waals surface area contributed by atoms with Crippen molar-refractivity contribution in [1.29, 1.82) is 0 Å². The van der Waals surface area contributed by atoms with Crippen molar-refractivity contribution in [1.82, 2.24) is 9.97 Å². The molecular formula is C34H32ClFN4O5. The Kier molecular flexibility index (Phi) is 7.61. The summed E-state index contributed by atoms with van der Waals surface area (Å²) in [6.45, 7) is 5.56. The molecule has 0 aliphatic carbocycles. The maximum atomic E-state index is 14.0. The van der Waals surface area contributed by atoms with Crippen LogP contribution in [0.2, 0.25) is 5.02 Å². The number of anilines is 1. The summed E-state index contributed by atoms with van der Waals surface area (Å²) in [4.78, 5) is 49.8. The summed E-state index contributed by atoms with van der Waals surface area (Å²) in [5.41, 5.74) is 6.68. The van der Waals surface area contributed by atoms with Crippen molar-refractivity contribution in [2.75, 3.05) is 18.1 Å². The molecule has 0 radical (unpaired) electrons. The fourth-order valence-corrected chi connectivity index (χ4v) is 6.10. The zero-order valence-electron chi connectivity index (χ0n) is 25.1. The van der Waals surface area contributed by atoms with E-state index in [0.29, 0.717) is 46.6 Å². The van der Waals surface area contributed by atoms with Crippen molar-refractivity contribution >= 4 is 45.8 Å². The van der Waals surface area contributed by atoms with Gasteiger partial charge in [-0.25, -0.2) is 9.37 Å². The molecule has 45 heavy (non-hydrogen) atoms. The van der Waals surface area contributed by atoms with Gasteiger partial charge in [-0.05, 0) is 76.1 Å².